The van der Waals surface area contributed by atoms with Crippen molar-refractivity contribution in [2.45, 2.75) is 13.8 Å². The van der Waals surface area contributed by atoms with Crippen molar-refractivity contribution in [1.82, 2.24) is 10.1 Å². The molecular weight excluding hydrogens is 250 g/mol. The van der Waals surface area contributed by atoms with E-state index in [1.165, 1.54) is 5.56 Å². The predicted molar refractivity (Wildman–Crippen MR) is 78.9 cm³/mol. The van der Waals surface area contributed by atoms with Gasteiger partial charge in [0.05, 0.1) is 5.69 Å². The van der Waals surface area contributed by atoms with Gasteiger partial charge in [0, 0.05) is 5.56 Å². The summed E-state index contributed by atoms with van der Waals surface area (Å²) >= 11 is 0. The van der Waals surface area contributed by atoms with E-state index in [1.54, 1.807) is 6.26 Å². The third-order valence-electron chi connectivity index (χ3n) is 3.18. The highest BCUT2D eigenvalue weighted by Gasteiger charge is 2.06. The lowest BCUT2D eigenvalue weighted by Crippen LogP contribution is -1.95. The summed E-state index contributed by atoms with van der Waals surface area (Å²) in [4.78, 5) is 4.64. The van der Waals surface area contributed by atoms with Crippen molar-refractivity contribution in [3.05, 3.63) is 60.0 Å². The molecule has 1 aromatic carbocycles. The van der Waals surface area contributed by atoms with E-state index in [0.717, 1.165) is 28.5 Å². The first-order valence-corrected chi connectivity index (χ1v) is 6.45. The lowest BCUT2D eigenvalue weighted by atomic mass is 10.1. The number of nitrogens with zero attached hydrogens (tertiary/aromatic N) is 2. The van der Waals surface area contributed by atoms with Gasteiger partial charge in [0.25, 0.3) is 0 Å². The summed E-state index contributed by atoms with van der Waals surface area (Å²) in [7, 11) is 0. The van der Waals surface area contributed by atoms with Gasteiger partial charge in [0.15, 0.2) is 0 Å². The van der Waals surface area contributed by atoms with Crippen LogP contribution in [0, 0.1) is 13.8 Å². The molecule has 0 aliphatic heterocycles. The van der Waals surface area contributed by atoms with Crippen molar-refractivity contribution in [1.29, 1.82) is 0 Å². The summed E-state index contributed by atoms with van der Waals surface area (Å²) in [5.41, 5.74) is 4.94. The molecule has 0 atom stereocenters. The topological polar surface area (TPSA) is 51.0 Å². The van der Waals surface area contributed by atoms with Crippen molar-refractivity contribution in [2.24, 2.45) is 0 Å². The van der Waals surface area contributed by atoms with Crippen LogP contribution in [0.1, 0.15) is 11.3 Å². The fourth-order valence-electron chi connectivity index (χ4n) is 2.07. The number of anilines is 2. The fourth-order valence-corrected chi connectivity index (χ4v) is 2.07. The average molecular weight is 265 g/mol. The van der Waals surface area contributed by atoms with E-state index >= 15 is 0 Å². The van der Waals surface area contributed by atoms with Crippen LogP contribution in [0.5, 0.6) is 0 Å². The summed E-state index contributed by atoms with van der Waals surface area (Å²) in [6.45, 7) is 3.97. The second kappa shape index (κ2) is 5.17. The van der Waals surface area contributed by atoms with E-state index in [4.69, 9.17) is 4.52 Å². The summed E-state index contributed by atoms with van der Waals surface area (Å²) < 4.78 is 4.91. The van der Waals surface area contributed by atoms with Gasteiger partial charge < -0.3 is 9.84 Å². The third-order valence-corrected chi connectivity index (χ3v) is 3.18. The second-order valence-electron chi connectivity index (χ2n) is 4.66. The monoisotopic (exact) mass is 265 g/mol. The molecule has 0 saturated carbocycles. The molecule has 2 aromatic heterocycles. The first-order valence-electron chi connectivity index (χ1n) is 6.45. The first-order chi connectivity index (χ1) is 9.74. The Morgan fingerprint density at radius 1 is 1.00 bits per heavy atom. The highest BCUT2D eigenvalue weighted by atomic mass is 16.5. The van der Waals surface area contributed by atoms with Gasteiger partial charge in [-0.3, -0.25) is 0 Å². The van der Waals surface area contributed by atoms with Crippen LogP contribution in [0.25, 0.3) is 11.3 Å². The molecule has 2 heterocycles. The predicted octanol–water partition coefficient (Wildman–Crippen LogP) is 4.10. The molecule has 100 valence electrons. The van der Waals surface area contributed by atoms with E-state index in [0.29, 0.717) is 0 Å². The zero-order valence-corrected chi connectivity index (χ0v) is 11.4. The first kappa shape index (κ1) is 12.4. The van der Waals surface area contributed by atoms with Crippen LogP contribution in [0.3, 0.4) is 0 Å². The molecular formula is C16H15N3O. The number of pyridine rings is 1. The average Bonchev–Trinajstić information content (AvgIpc) is 2.85. The third kappa shape index (κ3) is 2.40. The molecule has 0 radical (unpaired) electrons. The minimum absolute atomic E-state index is 0.775. The Kier molecular flexibility index (Phi) is 3.21. The van der Waals surface area contributed by atoms with Gasteiger partial charge in [-0.15, -0.1) is 0 Å². The minimum atomic E-state index is 0.775. The zero-order valence-electron chi connectivity index (χ0n) is 11.4. The quantitative estimate of drug-likeness (QED) is 0.774. The van der Waals surface area contributed by atoms with Crippen LogP contribution < -0.4 is 5.32 Å². The van der Waals surface area contributed by atoms with E-state index < -0.39 is 0 Å². The van der Waals surface area contributed by atoms with Gasteiger partial charge in [-0.1, -0.05) is 35.5 Å². The van der Waals surface area contributed by atoms with Gasteiger partial charge in [-0.2, -0.15) is 0 Å². The SMILES string of the molecule is Cc1ccccc1-c1cccc(Nc2conc2C)n1. The molecule has 0 amide bonds. The summed E-state index contributed by atoms with van der Waals surface area (Å²) in [6, 6.07) is 14.1. The zero-order chi connectivity index (χ0) is 13.9. The number of rotatable bonds is 3. The molecule has 4 nitrogen and oxygen atoms in total. The minimum Gasteiger partial charge on any atom is -0.362 e. The second-order valence-corrected chi connectivity index (χ2v) is 4.66. The van der Waals surface area contributed by atoms with E-state index in [-0.39, 0.29) is 0 Å². The van der Waals surface area contributed by atoms with Crippen molar-refractivity contribution in [3.8, 4) is 11.3 Å². The van der Waals surface area contributed by atoms with Crippen molar-refractivity contribution in [3.63, 3.8) is 0 Å². The largest absolute Gasteiger partial charge is 0.362 e. The molecule has 0 saturated heterocycles. The maximum absolute atomic E-state index is 4.91. The lowest BCUT2D eigenvalue weighted by Gasteiger charge is -2.08. The fraction of sp³-hybridized carbons (Fsp3) is 0.125. The molecule has 0 fully saturated rings. The number of hydrogen-bond donors (Lipinski definition) is 1. The van der Waals surface area contributed by atoms with Crippen LogP contribution in [0.4, 0.5) is 11.5 Å². The van der Waals surface area contributed by atoms with Crippen molar-refractivity contribution >= 4 is 11.5 Å². The van der Waals surface area contributed by atoms with Crippen molar-refractivity contribution in [2.75, 3.05) is 5.32 Å². The Labute approximate surface area is 117 Å². The molecule has 0 bridgehead atoms. The Morgan fingerprint density at radius 2 is 1.85 bits per heavy atom. The van der Waals surface area contributed by atoms with Crippen LogP contribution in [0.15, 0.2) is 53.3 Å². The Hall–Kier alpha value is -2.62. The van der Waals surface area contributed by atoms with Gasteiger partial charge in [0.1, 0.15) is 23.5 Å². The van der Waals surface area contributed by atoms with Gasteiger partial charge in [0.2, 0.25) is 0 Å². The number of nitrogens with one attached hydrogen (secondary N) is 1. The molecule has 4 heteroatoms. The van der Waals surface area contributed by atoms with Gasteiger partial charge >= 0.3 is 0 Å². The van der Waals surface area contributed by atoms with Crippen molar-refractivity contribution < 1.29 is 4.52 Å². The number of aryl methyl sites for hydroxylation is 2. The Morgan fingerprint density at radius 3 is 2.60 bits per heavy atom. The van der Waals surface area contributed by atoms with Crippen LogP contribution >= 0.6 is 0 Å². The maximum atomic E-state index is 4.91. The van der Waals surface area contributed by atoms with Gasteiger partial charge in [-0.05, 0) is 31.5 Å². The van der Waals surface area contributed by atoms with E-state index in [1.807, 2.05) is 37.3 Å². The van der Waals surface area contributed by atoms with E-state index in [9.17, 15) is 0 Å². The van der Waals surface area contributed by atoms with E-state index in [2.05, 4.69) is 34.5 Å². The maximum Gasteiger partial charge on any atom is 0.147 e. The molecule has 0 aliphatic carbocycles. The highest BCUT2D eigenvalue weighted by Crippen LogP contribution is 2.24. The molecule has 0 unspecified atom stereocenters. The summed E-state index contributed by atoms with van der Waals surface area (Å²) in [5.74, 6) is 0.775. The van der Waals surface area contributed by atoms with Gasteiger partial charge in [-0.25, -0.2) is 4.98 Å². The molecule has 0 aliphatic rings. The normalized spacial score (nSPS) is 10.5. The number of aromatic nitrogens is 2. The molecule has 0 spiro atoms. The molecule has 3 aromatic rings. The highest BCUT2D eigenvalue weighted by molar-refractivity contribution is 5.66. The van der Waals surface area contributed by atoms with Crippen LogP contribution in [-0.4, -0.2) is 10.1 Å². The lowest BCUT2D eigenvalue weighted by molar-refractivity contribution is 0.415. The summed E-state index contributed by atoms with van der Waals surface area (Å²) in [6.07, 6.45) is 1.58. The smallest absolute Gasteiger partial charge is 0.147 e. The molecule has 20 heavy (non-hydrogen) atoms. The van der Waals surface area contributed by atoms with Crippen LogP contribution in [0.2, 0.25) is 0 Å². The Bertz CT molecular complexity index is 734. The standard InChI is InChI=1S/C16H15N3O/c1-11-6-3-4-7-13(11)14-8-5-9-16(17-14)18-15-10-20-19-12(15)2/h3-10H,1-2H3,(H,17,18). The Balaban J connectivity index is 1.94. The summed E-state index contributed by atoms with van der Waals surface area (Å²) in [5, 5.41) is 7.06. The molecule has 3 rings (SSSR count). The molecule has 1 N–H and O–H groups in total. The van der Waals surface area contributed by atoms with Crippen LogP contribution in [-0.2, 0) is 0 Å². The number of benzene rings is 1. The number of hydrogen-bond acceptors (Lipinski definition) is 4.